The molecule has 1 heterocycles. The van der Waals surface area contributed by atoms with Gasteiger partial charge in [-0.1, -0.05) is 55.7 Å². The summed E-state index contributed by atoms with van der Waals surface area (Å²) in [6.45, 7) is 2.09. The summed E-state index contributed by atoms with van der Waals surface area (Å²) in [7, 11) is 0. The van der Waals surface area contributed by atoms with Crippen LogP contribution >= 0.6 is 0 Å². The molecule has 4 rings (SSSR count). The Morgan fingerprint density at radius 3 is 2.46 bits per heavy atom. The lowest BCUT2D eigenvalue weighted by atomic mass is 9.95. The highest BCUT2D eigenvalue weighted by Gasteiger charge is 2.17. The highest BCUT2D eigenvalue weighted by atomic mass is 15.0. The van der Waals surface area contributed by atoms with Crippen LogP contribution in [0.15, 0.2) is 48.5 Å². The molecular weight excluding hydrogens is 294 g/mol. The summed E-state index contributed by atoms with van der Waals surface area (Å²) < 4.78 is 0. The van der Waals surface area contributed by atoms with Gasteiger partial charge in [0.05, 0.1) is 11.0 Å². The molecule has 0 bridgehead atoms. The number of aryl methyl sites for hydroxylation is 1. The minimum absolute atomic E-state index is 0.512. The van der Waals surface area contributed by atoms with E-state index in [0.717, 1.165) is 28.1 Å². The predicted octanol–water partition coefficient (Wildman–Crippen LogP) is 5.35. The zero-order chi connectivity index (χ0) is 16.4. The molecule has 1 N–H and O–H groups in total. The predicted molar refractivity (Wildman–Crippen MR) is 100 cm³/mol. The van der Waals surface area contributed by atoms with Gasteiger partial charge in [0, 0.05) is 11.6 Å². The van der Waals surface area contributed by atoms with Crippen LogP contribution in [0.1, 0.15) is 37.7 Å². The Labute approximate surface area is 143 Å². The molecule has 3 heteroatoms. The Bertz CT molecular complexity index is 836. The molecule has 0 amide bonds. The molecule has 122 valence electrons. The van der Waals surface area contributed by atoms with Gasteiger partial charge in [0.25, 0.3) is 0 Å². The number of hydrogen-bond donors (Lipinski definition) is 1. The van der Waals surface area contributed by atoms with E-state index in [1.807, 2.05) is 6.07 Å². The second kappa shape index (κ2) is 6.60. The summed E-state index contributed by atoms with van der Waals surface area (Å²) in [5.41, 5.74) is 5.21. The number of aromatic nitrogens is 2. The van der Waals surface area contributed by atoms with Gasteiger partial charge in [-0.15, -0.1) is 0 Å². The zero-order valence-corrected chi connectivity index (χ0v) is 14.1. The van der Waals surface area contributed by atoms with Crippen molar-refractivity contribution in [3.63, 3.8) is 0 Å². The Morgan fingerprint density at radius 2 is 1.67 bits per heavy atom. The fourth-order valence-corrected chi connectivity index (χ4v) is 3.50. The summed E-state index contributed by atoms with van der Waals surface area (Å²) in [4.78, 5) is 9.86. The van der Waals surface area contributed by atoms with E-state index in [2.05, 4.69) is 54.7 Å². The van der Waals surface area contributed by atoms with Crippen LogP contribution < -0.4 is 5.32 Å². The first kappa shape index (κ1) is 15.1. The first-order valence-electron chi connectivity index (χ1n) is 8.90. The number of hydrogen-bond acceptors (Lipinski definition) is 3. The molecule has 24 heavy (non-hydrogen) atoms. The topological polar surface area (TPSA) is 37.8 Å². The van der Waals surface area contributed by atoms with Crippen LogP contribution in [0.2, 0.25) is 0 Å². The number of benzene rings is 2. The van der Waals surface area contributed by atoms with Gasteiger partial charge in [0.1, 0.15) is 5.69 Å². The van der Waals surface area contributed by atoms with Crippen LogP contribution in [0, 0.1) is 6.92 Å². The molecule has 0 atom stereocenters. The highest BCUT2D eigenvalue weighted by molar-refractivity contribution is 5.83. The van der Waals surface area contributed by atoms with Gasteiger partial charge in [-0.05, 0) is 37.5 Å². The smallest absolute Gasteiger partial charge is 0.153 e. The van der Waals surface area contributed by atoms with Gasteiger partial charge >= 0.3 is 0 Å². The molecular formula is C21H23N3. The number of anilines is 1. The standard InChI is InChI=1S/C21H23N3/c1-15-12-13-18-19(14-15)23-20(16-8-4-2-5-9-16)21(24-18)22-17-10-6-3-7-11-17/h2,4-5,8-9,12-14,17H,3,6-7,10-11H2,1H3,(H,22,24). The summed E-state index contributed by atoms with van der Waals surface area (Å²) >= 11 is 0. The second-order valence-corrected chi connectivity index (χ2v) is 6.76. The summed E-state index contributed by atoms with van der Waals surface area (Å²) in [6.07, 6.45) is 6.41. The maximum atomic E-state index is 4.95. The lowest BCUT2D eigenvalue weighted by Gasteiger charge is -2.24. The minimum Gasteiger partial charge on any atom is -0.366 e. The van der Waals surface area contributed by atoms with E-state index < -0.39 is 0 Å². The van der Waals surface area contributed by atoms with Crippen molar-refractivity contribution in [3.05, 3.63) is 54.1 Å². The quantitative estimate of drug-likeness (QED) is 0.707. The van der Waals surface area contributed by atoms with E-state index >= 15 is 0 Å². The minimum atomic E-state index is 0.512. The number of nitrogens with one attached hydrogen (secondary N) is 1. The third-order valence-electron chi connectivity index (χ3n) is 4.81. The van der Waals surface area contributed by atoms with Crippen LogP contribution in [0.25, 0.3) is 22.3 Å². The fourth-order valence-electron chi connectivity index (χ4n) is 3.50. The van der Waals surface area contributed by atoms with Crippen molar-refractivity contribution in [2.45, 2.75) is 45.1 Å². The molecule has 1 aliphatic carbocycles. The molecule has 1 fully saturated rings. The monoisotopic (exact) mass is 317 g/mol. The van der Waals surface area contributed by atoms with Gasteiger partial charge in [-0.3, -0.25) is 0 Å². The molecule has 1 aliphatic rings. The maximum absolute atomic E-state index is 4.95. The van der Waals surface area contributed by atoms with Gasteiger partial charge in [-0.25, -0.2) is 9.97 Å². The lowest BCUT2D eigenvalue weighted by molar-refractivity contribution is 0.462. The summed E-state index contributed by atoms with van der Waals surface area (Å²) in [5, 5.41) is 3.68. The summed E-state index contributed by atoms with van der Waals surface area (Å²) in [5.74, 6) is 0.921. The normalized spacial score (nSPS) is 15.5. The average molecular weight is 317 g/mol. The first-order chi connectivity index (χ1) is 11.8. The van der Waals surface area contributed by atoms with Crippen LogP contribution in [0.3, 0.4) is 0 Å². The van der Waals surface area contributed by atoms with E-state index in [0.29, 0.717) is 6.04 Å². The number of rotatable bonds is 3. The maximum Gasteiger partial charge on any atom is 0.153 e. The molecule has 0 spiro atoms. The van der Waals surface area contributed by atoms with Crippen molar-refractivity contribution in [1.29, 1.82) is 0 Å². The molecule has 3 nitrogen and oxygen atoms in total. The molecule has 1 saturated carbocycles. The van der Waals surface area contributed by atoms with Crippen molar-refractivity contribution in [2.24, 2.45) is 0 Å². The second-order valence-electron chi connectivity index (χ2n) is 6.76. The highest BCUT2D eigenvalue weighted by Crippen LogP contribution is 2.30. The third kappa shape index (κ3) is 3.12. The lowest BCUT2D eigenvalue weighted by Crippen LogP contribution is -2.23. The van der Waals surface area contributed by atoms with Crippen LogP contribution in [-0.4, -0.2) is 16.0 Å². The number of fused-ring (bicyclic) bond motifs is 1. The van der Waals surface area contributed by atoms with Crippen LogP contribution in [0.5, 0.6) is 0 Å². The zero-order valence-electron chi connectivity index (χ0n) is 14.1. The van der Waals surface area contributed by atoms with Gasteiger partial charge in [0.15, 0.2) is 5.82 Å². The SMILES string of the molecule is Cc1ccc2nc(NC3CCCCC3)c(-c3ccccc3)nc2c1. The van der Waals surface area contributed by atoms with Crippen molar-refractivity contribution in [1.82, 2.24) is 9.97 Å². The summed E-state index contributed by atoms with van der Waals surface area (Å²) in [6, 6.07) is 17.2. The third-order valence-corrected chi connectivity index (χ3v) is 4.81. The van der Waals surface area contributed by atoms with E-state index in [4.69, 9.17) is 9.97 Å². The van der Waals surface area contributed by atoms with E-state index in [9.17, 15) is 0 Å². The molecule has 2 aromatic carbocycles. The average Bonchev–Trinajstić information content (AvgIpc) is 2.63. The number of nitrogens with zero attached hydrogens (tertiary/aromatic N) is 2. The Hall–Kier alpha value is -2.42. The van der Waals surface area contributed by atoms with E-state index in [1.165, 1.54) is 37.7 Å². The Kier molecular flexibility index (Phi) is 4.16. The van der Waals surface area contributed by atoms with E-state index in [1.54, 1.807) is 0 Å². The molecule has 1 aromatic heterocycles. The molecule has 0 radical (unpaired) electrons. The van der Waals surface area contributed by atoms with Crippen molar-refractivity contribution in [2.75, 3.05) is 5.32 Å². The molecule has 0 aliphatic heterocycles. The largest absolute Gasteiger partial charge is 0.366 e. The Balaban J connectivity index is 1.81. The first-order valence-corrected chi connectivity index (χ1v) is 8.90. The molecule has 0 saturated heterocycles. The van der Waals surface area contributed by atoms with Gasteiger partial charge in [-0.2, -0.15) is 0 Å². The fraction of sp³-hybridized carbons (Fsp3) is 0.333. The molecule has 0 unspecified atom stereocenters. The van der Waals surface area contributed by atoms with Crippen molar-refractivity contribution in [3.8, 4) is 11.3 Å². The van der Waals surface area contributed by atoms with Crippen LogP contribution in [0.4, 0.5) is 5.82 Å². The van der Waals surface area contributed by atoms with Crippen molar-refractivity contribution < 1.29 is 0 Å². The molecule has 3 aromatic rings. The van der Waals surface area contributed by atoms with Gasteiger partial charge in [0.2, 0.25) is 0 Å². The van der Waals surface area contributed by atoms with Gasteiger partial charge < -0.3 is 5.32 Å². The van der Waals surface area contributed by atoms with Crippen LogP contribution in [-0.2, 0) is 0 Å². The Morgan fingerprint density at radius 1 is 0.875 bits per heavy atom. The van der Waals surface area contributed by atoms with Crippen molar-refractivity contribution >= 4 is 16.9 Å². The van der Waals surface area contributed by atoms with E-state index in [-0.39, 0.29) is 0 Å².